The van der Waals surface area contributed by atoms with Gasteiger partial charge in [0.1, 0.15) is 4.32 Å². The Morgan fingerprint density at radius 3 is 3.10 bits per heavy atom. The second kappa shape index (κ2) is 7.11. The third kappa shape index (κ3) is 3.87. The van der Waals surface area contributed by atoms with Gasteiger partial charge in [-0.15, -0.1) is 0 Å². The molecule has 0 radical (unpaired) electrons. The van der Waals surface area contributed by atoms with Crippen molar-refractivity contribution in [1.29, 1.82) is 0 Å². The summed E-state index contributed by atoms with van der Waals surface area (Å²) in [6.45, 7) is 2.96. The Kier molecular flexibility index (Phi) is 5.20. The van der Waals surface area contributed by atoms with Gasteiger partial charge in [0.2, 0.25) is 0 Å². The maximum Gasteiger partial charge on any atom is 0.138 e. The molecule has 20 heavy (non-hydrogen) atoms. The number of nitrogens with zero attached hydrogens (tertiary/aromatic N) is 3. The van der Waals surface area contributed by atoms with Crippen LogP contribution in [0.2, 0.25) is 0 Å². The molecule has 1 aromatic heterocycles. The van der Waals surface area contributed by atoms with Gasteiger partial charge in [0.05, 0.1) is 18.2 Å². The van der Waals surface area contributed by atoms with Gasteiger partial charge >= 0.3 is 0 Å². The molecule has 0 aromatic carbocycles. The fourth-order valence-electron chi connectivity index (χ4n) is 2.56. The van der Waals surface area contributed by atoms with Crippen LogP contribution in [-0.4, -0.2) is 49.2 Å². The first-order valence-electron chi connectivity index (χ1n) is 6.97. The highest BCUT2D eigenvalue weighted by atomic mass is 32.2. The van der Waals surface area contributed by atoms with Gasteiger partial charge in [-0.3, -0.25) is 9.88 Å². The fourth-order valence-corrected chi connectivity index (χ4v) is 4.92. The smallest absolute Gasteiger partial charge is 0.138 e. The summed E-state index contributed by atoms with van der Waals surface area (Å²) >= 11 is 9.40. The third-order valence-corrected chi connectivity index (χ3v) is 6.55. The Morgan fingerprint density at radius 2 is 2.35 bits per heavy atom. The normalized spacial score (nSPS) is 24.3. The zero-order chi connectivity index (χ0) is 13.8. The van der Waals surface area contributed by atoms with Crippen molar-refractivity contribution in [3.63, 3.8) is 0 Å². The predicted molar refractivity (Wildman–Crippen MR) is 91.9 cm³/mol. The SMILES string of the molecule is S=C1SCN(Cc2ccccn2)CN1CC1CCCS1. The molecular formula is C14H19N3S3. The minimum absolute atomic E-state index is 0.767. The summed E-state index contributed by atoms with van der Waals surface area (Å²) in [6.07, 6.45) is 4.57. The van der Waals surface area contributed by atoms with Crippen molar-refractivity contribution in [2.24, 2.45) is 0 Å². The molecule has 1 aromatic rings. The van der Waals surface area contributed by atoms with Crippen molar-refractivity contribution in [3.05, 3.63) is 30.1 Å². The van der Waals surface area contributed by atoms with Gasteiger partial charge in [0, 0.05) is 24.5 Å². The molecule has 2 aliphatic rings. The van der Waals surface area contributed by atoms with Crippen LogP contribution in [-0.2, 0) is 6.54 Å². The molecule has 0 N–H and O–H groups in total. The van der Waals surface area contributed by atoms with Gasteiger partial charge in [0.15, 0.2) is 0 Å². The Bertz CT molecular complexity index is 448. The molecule has 0 bridgehead atoms. The highest BCUT2D eigenvalue weighted by Crippen LogP contribution is 2.29. The second-order valence-corrected chi connectivity index (χ2v) is 8.18. The van der Waals surface area contributed by atoms with Crippen molar-refractivity contribution < 1.29 is 0 Å². The van der Waals surface area contributed by atoms with E-state index >= 15 is 0 Å². The van der Waals surface area contributed by atoms with E-state index < -0.39 is 0 Å². The monoisotopic (exact) mass is 325 g/mol. The molecule has 2 fully saturated rings. The first-order valence-corrected chi connectivity index (χ1v) is 9.41. The van der Waals surface area contributed by atoms with Crippen LogP contribution in [0.3, 0.4) is 0 Å². The maximum atomic E-state index is 5.52. The van der Waals surface area contributed by atoms with Gasteiger partial charge < -0.3 is 4.90 Å². The van der Waals surface area contributed by atoms with Crippen molar-refractivity contribution in [2.45, 2.75) is 24.6 Å². The lowest BCUT2D eigenvalue weighted by Crippen LogP contribution is -2.46. The number of hydrogen-bond donors (Lipinski definition) is 0. The van der Waals surface area contributed by atoms with Crippen LogP contribution in [0.4, 0.5) is 0 Å². The van der Waals surface area contributed by atoms with E-state index in [2.05, 4.69) is 38.7 Å². The molecule has 2 saturated heterocycles. The third-order valence-electron chi connectivity index (χ3n) is 3.56. The number of rotatable bonds is 4. The lowest BCUT2D eigenvalue weighted by molar-refractivity contribution is 0.203. The molecular weight excluding hydrogens is 306 g/mol. The van der Waals surface area contributed by atoms with Gasteiger partial charge in [-0.25, -0.2) is 0 Å². The van der Waals surface area contributed by atoms with E-state index in [1.807, 2.05) is 12.3 Å². The van der Waals surface area contributed by atoms with Crippen molar-refractivity contribution in [1.82, 2.24) is 14.8 Å². The Balaban J connectivity index is 1.56. The fraction of sp³-hybridized carbons (Fsp3) is 0.571. The molecule has 1 atom stereocenters. The van der Waals surface area contributed by atoms with E-state index in [0.717, 1.165) is 40.9 Å². The topological polar surface area (TPSA) is 19.4 Å². The Morgan fingerprint density at radius 1 is 1.40 bits per heavy atom. The molecule has 0 aliphatic carbocycles. The predicted octanol–water partition coefficient (Wildman–Crippen LogP) is 3.03. The molecule has 3 nitrogen and oxygen atoms in total. The second-order valence-electron chi connectivity index (χ2n) is 5.19. The summed E-state index contributed by atoms with van der Waals surface area (Å²) in [5.74, 6) is 2.29. The number of pyridine rings is 1. The molecule has 0 amide bonds. The van der Waals surface area contributed by atoms with E-state index in [1.165, 1.54) is 18.6 Å². The highest BCUT2D eigenvalue weighted by molar-refractivity contribution is 8.22. The molecule has 1 unspecified atom stereocenters. The molecule has 2 aliphatic heterocycles. The van der Waals surface area contributed by atoms with E-state index in [1.54, 1.807) is 11.8 Å². The Hall–Kier alpha value is -0.300. The number of thiocarbonyl (C=S) groups is 1. The summed E-state index contributed by atoms with van der Waals surface area (Å²) in [7, 11) is 0. The quantitative estimate of drug-likeness (QED) is 0.787. The zero-order valence-electron chi connectivity index (χ0n) is 11.4. The van der Waals surface area contributed by atoms with E-state index in [0.29, 0.717) is 0 Å². The summed E-state index contributed by atoms with van der Waals surface area (Å²) in [5, 5.41) is 0.767. The summed E-state index contributed by atoms with van der Waals surface area (Å²) < 4.78 is 1.06. The molecule has 0 spiro atoms. The summed E-state index contributed by atoms with van der Waals surface area (Å²) in [6, 6.07) is 6.11. The average Bonchev–Trinajstić information content (AvgIpc) is 2.97. The Labute approximate surface area is 134 Å². The molecule has 108 valence electrons. The van der Waals surface area contributed by atoms with Crippen molar-refractivity contribution in [2.75, 3.05) is 24.8 Å². The van der Waals surface area contributed by atoms with Crippen LogP contribution in [0.5, 0.6) is 0 Å². The highest BCUT2D eigenvalue weighted by Gasteiger charge is 2.26. The van der Waals surface area contributed by atoms with Gasteiger partial charge in [-0.2, -0.15) is 11.8 Å². The van der Waals surface area contributed by atoms with E-state index in [4.69, 9.17) is 12.2 Å². The maximum absolute atomic E-state index is 5.52. The van der Waals surface area contributed by atoms with E-state index in [9.17, 15) is 0 Å². The first kappa shape index (κ1) is 14.6. The number of thioether (sulfide) groups is 2. The van der Waals surface area contributed by atoms with Crippen molar-refractivity contribution >= 4 is 40.1 Å². The summed E-state index contributed by atoms with van der Waals surface area (Å²) in [4.78, 5) is 9.20. The minimum Gasteiger partial charge on any atom is -0.343 e. The average molecular weight is 326 g/mol. The van der Waals surface area contributed by atoms with Gasteiger partial charge in [0.25, 0.3) is 0 Å². The van der Waals surface area contributed by atoms with Gasteiger partial charge in [-0.05, 0) is 30.7 Å². The molecule has 3 rings (SSSR count). The van der Waals surface area contributed by atoms with Crippen LogP contribution in [0.25, 0.3) is 0 Å². The molecule has 6 heteroatoms. The molecule has 3 heterocycles. The van der Waals surface area contributed by atoms with Crippen LogP contribution in [0, 0.1) is 0 Å². The minimum atomic E-state index is 0.767. The lowest BCUT2D eigenvalue weighted by atomic mass is 10.2. The van der Waals surface area contributed by atoms with Crippen LogP contribution in [0.15, 0.2) is 24.4 Å². The number of hydrogen-bond acceptors (Lipinski definition) is 5. The zero-order valence-corrected chi connectivity index (χ0v) is 13.9. The van der Waals surface area contributed by atoms with E-state index in [-0.39, 0.29) is 0 Å². The van der Waals surface area contributed by atoms with Gasteiger partial charge in [-0.1, -0.05) is 30.0 Å². The van der Waals surface area contributed by atoms with Crippen LogP contribution in [0.1, 0.15) is 18.5 Å². The van der Waals surface area contributed by atoms with Crippen molar-refractivity contribution in [3.8, 4) is 0 Å². The lowest BCUT2D eigenvalue weighted by Gasteiger charge is -2.37. The number of aromatic nitrogens is 1. The largest absolute Gasteiger partial charge is 0.343 e. The standard InChI is InChI=1S/C14H19N3S3/c18-14-17(9-13-5-3-7-19-13)10-16(11-20-14)8-12-4-1-2-6-15-12/h1-2,4,6,13H,3,5,7-11H2. The first-order chi connectivity index (χ1) is 9.81. The van der Waals surface area contributed by atoms with Crippen LogP contribution < -0.4 is 0 Å². The molecule has 0 saturated carbocycles. The summed E-state index contributed by atoms with van der Waals surface area (Å²) in [5.41, 5.74) is 1.14. The van der Waals surface area contributed by atoms with Crippen LogP contribution >= 0.6 is 35.7 Å².